The molecule has 0 bridgehead atoms. The van der Waals surface area contributed by atoms with Gasteiger partial charge < -0.3 is 53.5 Å². The Morgan fingerprint density at radius 1 is 0.800 bits per heavy atom. The first-order chi connectivity index (χ1) is 20.4. The smallest absolute Gasteiger partial charge is 0.341 e. The van der Waals surface area contributed by atoms with Crippen LogP contribution in [0.25, 0.3) is 0 Å². The topological polar surface area (TPSA) is 48.7 Å². The minimum atomic E-state index is -1.08. The van der Waals surface area contributed by atoms with Gasteiger partial charge in [0.2, 0.25) is 0 Å². The van der Waals surface area contributed by atoms with E-state index in [2.05, 4.69) is 82.9 Å². The van der Waals surface area contributed by atoms with E-state index in [0.29, 0.717) is 31.7 Å². The van der Waals surface area contributed by atoms with Gasteiger partial charge in [0.05, 0.1) is 19.1 Å². The third kappa shape index (κ3) is 27.0. The van der Waals surface area contributed by atoms with Gasteiger partial charge >= 0.3 is 55.2 Å². The maximum atomic E-state index is 8.52. The molecule has 9 heteroatoms. The van der Waals surface area contributed by atoms with Gasteiger partial charge in [-0.1, -0.05) is 50.9 Å². The standard InChI is InChI=1S/C14H24N.C12H24N2O2P.2C5H9.2Fe.W/c1-2-15(11-13-7-3-4-8-13)12-14-9-5-6-10-14;1-6-9-15-17(16-10-7-8-13)14(11(2)3)12(4)5;2*1-2-4-5-3-1;;;/h3,9,13-14H,1-2,4-8,10-12H2;11-12H,1,6-7,9-10H2,2-5H3;2*1H,2-5H2;;;/q-3;3*-1;3*+2. The molecule has 4 saturated carbocycles. The Balaban J connectivity index is -0.000000569. The zero-order valence-electron chi connectivity index (χ0n) is 29.1. The van der Waals surface area contributed by atoms with Crippen molar-refractivity contribution >= 4 is 8.53 Å². The van der Waals surface area contributed by atoms with E-state index in [9.17, 15) is 0 Å². The van der Waals surface area contributed by atoms with Crippen LogP contribution in [-0.4, -0.2) is 54.5 Å². The molecule has 0 aromatic heterocycles. The summed E-state index contributed by atoms with van der Waals surface area (Å²) in [5.41, 5.74) is 0. The van der Waals surface area contributed by atoms with Crippen molar-refractivity contribution in [1.29, 1.82) is 5.26 Å². The molecule has 0 N–H and O–H groups in total. The van der Waals surface area contributed by atoms with E-state index in [4.69, 9.17) is 14.3 Å². The summed E-state index contributed by atoms with van der Waals surface area (Å²) in [5, 5.41) is 8.52. The molecule has 264 valence electrons. The average Bonchev–Trinajstić information content (AvgIpc) is 3.81. The molecule has 0 saturated heterocycles. The third-order valence-electron chi connectivity index (χ3n) is 8.02. The van der Waals surface area contributed by atoms with Crippen molar-refractivity contribution in [2.75, 3.05) is 32.8 Å². The third-order valence-corrected chi connectivity index (χ3v) is 10.1. The Labute approximate surface area is 318 Å². The second kappa shape index (κ2) is 35.3. The van der Waals surface area contributed by atoms with Crippen molar-refractivity contribution in [3.63, 3.8) is 0 Å². The van der Waals surface area contributed by atoms with Crippen LogP contribution in [0.4, 0.5) is 0 Å². The maximum absolute atomic E-state index is 8.52. The molecule has 45 heavy (non-hydrogen) atoms. The second-order valence-electron chi connectivity index (χ2n) is 12.5. The summed E-state index contributed by atoms with van der Waals surface area (Å²) < 4.78 is 13.6. The predicted octanol–water partition coefficient (Wildman–Crippen LogP) is 10.2. The van der Waals surface area contributed by atoms with E-state index in [0.717, 1.165) is 24.8 Å². The average molecular weight is 899 g/mol. The molecule has 0 heterocycles. The van der Waals surface area contributed by atoms with Crippen LogP contribution in [0.2, 0.25) is 0 Å². The summed E-state index contributed by atoms with van der Waals surface area (Å²) in [4.78, 5) is 2.57. The second-order valence-corrected chi connectivity index (χ2v) is 14.0. The molecule has 0 radical (unpaired) electrons. The number of nitrogens with zero attached hydrogens (tertiary/aromatic N) is 3. The van der Waals surface area contributed by atoms with Crippen LogP contribution in [0.1, 0.15) is 130 Å². The fraction of sp³-hybridized carbons (Fsp3) is 0.806. The van der Waals surface area contributed by atoms with E-state index in [1.165, 1.54) is 103 Å². The molecule has 5 nitrogen and oxygen atoms in total. The Kier molecular flexibility index (Phi) is 39.9. The number of nitriles is 1. The molecule has 4 fully saturated rings. The van der Waals surface area contributed by atoms with Crippen molar-refractivity contribution in [2.24, 2.45) is 11.8 Å². The minimum absolute atomic E-state index is 0. The van der Waals surface area contributed by atoms with E-state index in [1.54, 1.807) is 0 Å². The first-order valence-electron chi connectivity index (χ1n) is 17.2. The summed E-state index contributed by atoms with van der Waals surface area (Å²) in [6, 6.07) is 2.78. The largest absolute Gasteiger partial charge is 2.00 e. The van der Waals surface area contributed by atoms with Crippen molar-refractivity contribution < 1.29 is 64.3 Å². The van der Waals surface area contributed by atoms with Crippen molar-refractivity contribution in [3.8, 4) is 6.07 Å². The fourth-order valence-corrected chi connectivity index (χ4v) is 7.49. The summed E-state index contributed by atoms with van der Waals surface area (Å²) in [6.45, 7) is 20.9. The molecule has 4 rings (SSSR count). The van der Waals surface area contributed by atoms with Crippen LogP contribution in [-0.2, 0) is 64.3 Å². The SMILES string of the molecule is [CH-]1CCCC1.[CH-]1CCCC1.[CH2-]CCOP(OCCC#N)N(C(C)C)C(C)C.[CH2-]CN(CC1[CH-]CCC1)CC1C[CH-]CC1.[Fe+2].[Fe+2].[W+2]. The van der Waals surface area contributed by atoms with Crippen molar-refractivity contribution in [2.45, 2.75) is 143 Å². The molecule has 0 aliphatic heterocycles. The number of hydrogen-bond donors (Lipinski definition) is 0. The number of rotatable bonds is 14. The van der Waals surface area contributed by atoms with E-state index >= 15 is 0 Å². The van der Waals surface area contributed by atoms with Crippen LogP contribution < -0.4 is 0 Å². The first kappa shape index (κ1) is 50.9. The summed E-state index contributed by atoms with van der Waals surface area (Å²) in [7, 11) is -1.08. The fourth-order valence-electron chi connectivity index (χ4n) is 5.86. The van der Waals surface area contributed by atoms with Gasteiger partial charge in [-0.05, 0) is 40.8 Å². The zero-order chi connectivity index (χ0) is 30.8. The van der Waals surface area contributed by atoms with Crippen LogP contribution in [0.3, 0.4) is 0 Å². The van der Waals surface area contributed by atoms with E-state index in [-0.39, 0.29) is 55.2 Å². The van der Waals surface area contributed by atoms with Gasteiger partial charge in [0.15, 0.2) is 0 Å². The quantitative estimate of drug-likeness (QED) is 0.0753. The summed E-state index contributed by atoms with van der Waals surface area (Å²) in [6.07, 6.45) is 30.3. The van der Waals surface area contributed by atoms with Crippen LogP contribution in [0, 0.1) is 62.7 Å². The molecular weight excluding hydrogens is 833 g/mol. The Hall–Kier alpha value is 1.49. The van der Waals surface area contributed by atoms with Crippen LogP contribution >= 0.6 is 8.53 Å². The molecule has 0 amide bonds. The van der Waals surface area contributed by atoms with Gasteiger partial charge in [0.1, 0.15) is 0 Å². The normalized spacial score (nSPS) is 20.9. The predicted molar refractivity (Wildman–Crippen MR) is 182 cm³/mol. The van der Waals surface area contributed by atoms with Gasteiger partial charge in [0, 0.05) is 18.7 Å². The molecular formula is C36H66Fe2N3O2PW. The van der Waals surface area contributed by atoms with Crippen molar-refractivity contribution in [1.82, 2.24) is 9.57 Å². The Bertz CT molecular complexity index is 589. The van der Waals surface area contributed by atoms with Gasteiger partial charge in [-0.15, -0.1) is 6.54 Å². The molecule has 0 spiro atoms. The Morgan fingerprint density at radius 3 is 1.76 bits per heavy atom. The summed E-state index contributed by atoms with van der Waals surface area (Å²) in [5.74, 6) is 1.78. The van der Waals surface area contributed by atoms with E-state index in [1.807, 2.05) is 0 Å². The monoisotopic (exact) mass is 899 g/mol. The molecule has 3 unspecified atom stereocenters. The summed E-state index contributed by atoms with van der Waals surface area (Å²) >= 11 is 0. The molecule has 4 aliphatic carbocycles. The van der Waals surface area contributed by atoms with Gasteiger partial charge in [-0.2, -0.15) is 62.5 Å². The van der Waals surface area contributed by atoms with Crippen LogP contribution in [0.15, 0.2) is 0 Å². The molecule has 0 aromatic rings. The van der Waals surface area contributed by atoms with Crippen molar-refractivity contribution in [3.05, 3.63) is 39.5 Å². The Morgan fingerprint density at radius 2 is 1.38 bits per heavy atom. The van der Waals surface area contributed by atoms with Gasteiger partial charge in [-0.3, -0.25) is 0 Å². The first-order valence-corrected chi connectivity index (χ1v) is 18.4. The van der Waals surface area contributed by atoms with Crippen LogP contribution in [0.5, 0.6) is 0 Å². The van der Waals surface area contributed by atoms with Gasteiger partial charge in [0.25, 0.3) is 8.53 Å². The zero-order valence-corrected chi connectivity index (χ0v) is 35.1. The number of hydrogen-bond acceptors (Lipinski definition) is 5. The molecule has 4 aliphatic rings. The molecule has 0 aromatic carbocycles. The van der Waals surface area contributed by atoms with E-state index < -0.39 is 8.53 Å². The van der Waals surface area contributed by atoms with Gasteiger partial charge in [-0.25, -0.2) is 4.67 Å². The minimum Gasteiger partial charge on any atom is -0.341 e. The molecule has 3 atom stereocenters. The maximum Gasteiger partial charge on any atom is 2.00 e.